The van der Waals surface area contributed by atoms with E-state index in [2.05, 4.69) is 5.32 Å². The molecule has 2 aromatic rings. The standard InChI is InChI=1S/C15H15ClN2OS2/c16-13-7-6-11(21-13)9-18-15(19)12(14(17)20)8-10-4-2-1-3-5-10/h1-7,12H,8-9H2,(H2,17,20)(H,18,19). The summed E-state index contributed by atoms with van der Waals surface area (Å²) in [5.74, 6) is -0.659. The first-order valence-electron chi connectivity index (χ1n) is 6.41. The molecule has 0 fully saturated rings. The van der Waals surface area contributed by atoms with Crippen LogP contribution in [-0.4, -0.2) is 10.9 Å². The average molecular weight is 339 g/mol. The molecule has 1 unspecified atom stereocenters. The van der Waals surface area contributed by atoms with Gasteiger partial charge in [-0.25, -0.2) is 0 Å². The summed E-state index contributed by atoms with van der Waals surface area (Å²) >= 11 is 12.3. The Balaban J connectivity index is 1.97. The van der Waals surface area contributed by atoms with E-state index in [-0.39, 0.29) is 10.9 Å². The third-order valence-electron chi connectivity index (χ3n) is 3.01. The number of halogens is 1. The summed E-state index contributed by atoms with van der Waals surface area (Å²) in [5.41, 5.74) is 6.74. The van der Waals surface area contributed by atoms with Gasteiger partial charge in [-0.15, -0.1) is 11.3 Å². The first-order chi connectivity index (χ1) is 10.1. The molecule has 21 heavy (non-hydrogen) atoms. The largest absolute Gasteiger partial charge is 0.393 e. The maximum absolute atomic E-state index is 12.3. The molecule has 1 amide bonds. The lowest BCUT2D eigenvalue weighted by Gasteiger charge is -2.15. The van der Waals surface area contributed by atoms with Gasteiger partial charge in [0.15, 0.2) is 0 Å². The lowest BCUT2D eigenvalue weighted by atomic mass is 9.98. The van der Waals surface area contributed by atoms with Crippen molar-refractivity contribution in [2.24, 2.45) is 11.7 Å². The molecule has 0 spiro atoms. The van der Waals surface area contributed by atoms with Crippen LogP contribution in [0.25, 0.3) is 0 Å². The van der Waals surface area contributed by atoms with E-state index < -0.39 is 5.92 Å². The maximum Gasteiger partial charge on any atom is 0.230 e. The molecule has 1 aromatic heterocycles. The summed E-state index contributed by atoms with van der Waals surface area (Å²) < 4.78 is 0.703. The molecule has 110 valence electrons. The van der Waals surface area contributed by atoms with Crippen molar-refractivity contribution >= 4 is 46.1 Å². The maximum atomic E-state index is 12.3. The van der Waals surface area contributed by atoms with Gasteiger partial charge in [0.1, 0.15) is 0 Å². The number of nitrogens with one attached hydrogen (secondary N) is 1. The SMILES string of the molecule is NC(=S)C(Cc1ccccc1)C(=O)NCc1ccc(Cl)s1. The Morgan fingerprint density at radius 1 is 1.29 bits per heavy atom. The van der Waals surface area contributed by atoms with Crippen LogP contribution in [0.15, 0.2) is 42.5 Å². The van der Waals surface area contributed by atoms with Crippen LogP contribution in [0.2, 0.25) is 4.34 Å². The highest BCUT2D eigenvalue weighted by molar-refractivity contribution is 7.80. The van der Waals surface area contributed by atoms with E-state index in [4.69, 9.17) is 29.6 Å². The van der Waals surface area contributed by atoms with Gasteiger partial charge in [-0.05, 0) is 24.1 Å². The van der Waals surface area contributed by atoms with Crippen molar-refractivity contribution < 1.29 is 4.79 Å². The molecule has 6 heteroatoms. The van der Waals surface area contributed by atoms with E-state index in [0.29, 0.717) is 17.3 Å². The molecule has 0 aliphatic rings. The monoisotopic (exact) mass is 338 g/mol. The topological polar surface area (TPSA) is 55.1 Å². The first kappa shape index (κ1) is 15.9. The summed E-state index contributed by atoms with van der Waals surface area (Å²) in [6.07, 6.45) is 0.507. The van der Waals surface area contributed by atoms with Crippen LogP contribution in [0.1, 0.15) is 10.4 Å². The Morgan fingerprint density at radius 2 is 2.00 bits per heavy atom. The second-order valence-electron chi connectivity index (χ2n) is 4.57. The van der Waals surface area contributed by atoms with E-state index in [1.54, 1.807) is 0 Å². The lowest BCUT2D eigenvalue weighted by Crippen LogP contribution is -2.38. The number of carbonyl (C=O) groups is 1. The fourth-order valence-electron chi connectivity index (χ4n) is 1.92. The molecule has 1 atom stereocenters. The molecule has 0 saturated heterocycles. The molecule has 2 rings (SSSR count). The van der Waals surface area contributed by atoms with Gasteiger partial charge in [-0.1, -0.05) is 54.2 Å². The van der Waals surface area contributed by atoms with Crippen LogP contribution in [-0.2, 0) is 17.8 Å². The zero-order valence-corrected chi connectivity index (χ0v) is 13.6. The van der Waals surface area contributed by atoms with Gasteiger partial charge in [0.05, 0.1) is 21.8 Å². The summed E-state index contributed by atoms with van der Waals surface area (Å²) in [5, 5.41) is 2.86. The zero-order chi connectivity index (χ0) is 15.2. The van der Waals surface area contributed by atoms with Crippen LogP contribution in [0, 0.1) is 5.92 Å². The van der Waals surface area contributed by atoms with Crippen LogP contribution >= 0.6 is 35.2 Å². The Hall–Kier alpha value is -1.43. The highest BCUT2D eigenvalue weighted by Crippen LogP contribution is 2.21. The van der Waals surface area contributed by atoms with E-state index in [9.17, 15) is 4.79 Å². The normalized spacial score (nSPS) is 11.9. The third-order valence-corrected chi connectivity index (χ3v) is 4.52. The van der Waals surface area contributed by atoms with Crippen molar-refractivity contribution in [2.75, 3.05) is 0 Å². The summed E-state index contributed by atoms with van der Waals surface area (Å²) in [7, 11) is 0. The second-order valence-corrected chi connectivity index (χ2v) is 6.84. The van der Waals surface area contributed by atoms with E-state index in [1.807, 2.05) is 42.5 Å². The molecule has 0 bridgehead atoms. The number of hydrogen-bond acceptors (Lipinski definition) is 3. The van der Waals surface area contributed by atoms with Crippen molar-refractivity contribution in [1.82, 2.24) is 5.32 Å². The van der Waals surface area contributed by atoms with Gasteiger partial charge < -0.3 is 11.1 Å². The highest BCUT2D eigenvalue weighted by atomic mass is 35.5. The Labute approximate surface area is 138 Å². The lowest BCUT2D eigenvalue weighted by molar-refractivity contribution is -0.123. The van der Waals surface area contributed by atoms with Crippen molar-refractivity contribution in [3.63, 3.8) is 0 Å². The number of rotatable bonds is 6. The first-order valence-corrected chi connectivity index (χ1v) is 8.01. The number of nitrogens with two attached hydrogens (primary N) is 1. The highest BCUT2D eigenvalue weighted by Gasteiger charge is 2.21. The second kappa shape index (κ2) is 7.54. The van der Waals surface area contributed by atoms with Crippen LogP contribution in [0.5, 0.6) is 0 Å². The molecule has 3 N–H and O–H groups in total. The third kappa shape index (κ3) is 4.81. The molecule has 3 nitrogen and oxygen atoms in total. The van der Waals surface area contributed by atoms with Gasteiger partial charge in [-0.3, -0.25) is 4.79 Å². The summed E-state index contributed by atoms with van der Waals surface area (Å²) in [6, 6.07) is 13.4. The number of amides is 1. The average Bonchev–Trinajstić information content (AvgIpc) is 2.89. The van der Waals surface area contributed by atoms with Crippen LogP contribution in [0.4, 0.5) is 0 Å². The van der Waals surface area contributed by atoms with Gasteiger partial charge in [-0.2, -0.15) is 0 Å². The zero-order valence-electron chi connectivity index (χ0n) is 11.2. The Bertz CT molecular complexity index is 628. The molecule has 0 aliphatic heterocycles. The van der Waals surface area contributed by atoms with Gasteiger partial charge >= 0.3 is 0 Å². The fourth-order valence-corrected chi connectivity index (χ4v) is 3.13. The predicted molar refractivity (Wildman–Crippen MR) is 91.6 cm³/mol. The minimum Gasteiger partial charge on any atom is -0.393 e. The molecule has 0 radical (unpaired) electrons. The molecule has 1 heterocycles. The van der Waals surface area contributed by atoms with Gasteiger partial charge in [0, 0.05) is 4.88 Å². The molecule has 1 aromatic carbocycles. The number of benzene rings is 1. The number of thiocarbonyl (C=S) groups is 1. The smallest absolute Gasteiger partial charge is 0.230 e. The fraction of sp³-hybridized carbons (Fsp3) is 0.200. The van der Waals surface area contributed by atoms with Crippen molar-refractivity contribution in [3.05, 3.63) is 57.2 Å². The number of hydrogen-bond donors (Lipinski definition) is 2. The van der Waals surface area contributed by atoms with Gasteiger partial charge in [0.2, 0.25) is 5.91 Å². The van der Waals surface area contributed by atoms with Crippen molar-refractivity contribution in [2.45, 2.75) is 13.0 Å². The summed E-state index contributed by atoms with van der Waals surface area (Å²) in [6.45, 7) is 0.435. The van der Waals surface area contributed by atoms with Crippen molar-refractivity contribution in [3.8, 4) is 0 Å². The molecule has 0 saturated carbocycles. The van der Waals surface area contributed by atoms with E-state index in [1.165, 1.54) is 11.3 Å². The van der Waals surface area contributed by atoms with Crippen LogP contribution < -0.4 is 11.1 Å². The minimum absolute atomic E-state index is 0.157. The van der Waals surface area contributed by atoms with E-state index in [0.717, 1.165) is 10.4 Å². The molecular formula is C15H15ClN2OS2. The predicted octanol–water partition coefficient (Wildman–Crippen LogP) is 3.16. The minimum atomic E-state index is -0.502. The van der Waals surface area contributed by atoms with Crippen LogP contribution in [0.3, 0.4) is 0 Å². The summed E-state index contributed by atoms with van der Waals surface area (Å²) in [4.78, 5) is 13.5. The Morgan fingerprint density at radius 3 is 2.57 bits per heavy atom. The quantitative estimate of drug-likeness (QED) is 0.795. The number of carbonyl (C=O) groups excluding carboxylic acids is 1. The van der Waals surface area contributed by atoms with E-state index >= 15 is 0 Å². The number of thiophene rings is 1. The molecular weight excluding hydrogens is 324 g/mol. The molecule has 0 aliphatic carbocycles. The Kier molecular flexibility index (Phi) is 5.73. The van der Waals surface area contributed by atoms with Crippen molar-refractivity contribution in [1.29, 1.82) is 0 Å². The van der Waals surface area contributed by atoms with Gasteiger partial charge in [0.25, 0.3) is 0 Å².